The van der Waals surface area contributed by atoms with Crippen molar-refractivity contribution in [2.75, 3.05) is 10.5 Å². The Labute approximate surface area is 191 Å². The van der Waals surface area contributed by atoms with Crippen LogP contribution in [-0.2, 0) is 33.7 Å². The molecular formula is C22H26N6O4S. The largest absolute Gasteiger partial charge is 0.368 e. The van der Waals surface area contributed by atoms with E-state index < -0.39 is 21.5 Å². The molecule has 0 unspecified atom stereocenters. The lowest BCUT2D eigenvalue weighted by molar-refractivity contribution is -0.121. The molecule has 0 fully saturated rings. The van der Waals surface area contributed by atoms with Crippen molar-refractivity contribution >= 4 is 27.6 Å². The van der Waals surface area contributed by atoms with E-state index in [1.165, 1.54) is 10.6 Å². The summed E-state index contributed by atoms with van der Waals surface area (Å²) in [7, 11) is -3.82. The summed E-state index contributed by atoms with van der Waals surface area (Å²) in [4.78, 5) is 33.6. The van der Waals surface area contributed by atoms with Crippen molar-refractivity contribution in [2.24, 2.45) is 0 Å². The third kappa shape index (κ3) is 6.16. The van der Waals surface area contributed by atoms with E-state index in [1.807, 2.05) is 0 Å². The van der Waals surface area contributed by atoms with Gasteiger partial charge in [-0.1, -0.05) is 30.3 Å². The SMILES string of the molecule is Cc1nc(N)nc(C)c1CNC(=O)Cn1c(C)ccc(NS(=O)(=O)Cc2ccccc2)c1=O. The molecule has 2 heterocycles. The monoisotopic (exact) mass is 470 g/mol. The highest BCUT2D eigenvalue weighted by molar-refractivity contribution is 7.91. The van der Waals surface area contributed by atoms with E-state index in [4.69, 9.17) is 5.73 Å². The van der Waals surface area contributed by atoms with E-state index in [0.717, 1.165) is 5.56 Å². The van der Waals surface area contributed by atoms with Crippen LogP contribution in [0.1, 0.15) is 28.2 Å². The Morgan fingerprint density at radius 3 is 2.30 bits per heavy atom. The molecule has 0 aliphatic rings. The van der Waals surface area contributed by atoms with Crippen LogP contribution < -0.4 is 21.3 Å². The van der Waals surface area contributed by atoms with Crippen molar-refractivity contribution in [2.45, 2.75) is 39.6 Å². The highest BCUT2D eigenvalue weighted by Gasteiger charge is 2.17. The van der Waals surface area contributed by atoms with Crippen LogP contribution in [0.15, 0.2) is 47.3 Å². The predicted molar refractivity (Wildman–Crippen MR) is 126 cm³/mol. The van der Waals surface area contributed by atoms with Crippen LogP contribution in [0, 0.1) is 20.8 Å². The molecule has 3 aromatic rings. The molecule has 2 aromatic heterocycles. The van der Waals surface area contributed by atoms with Gasteiger partial charge in [0.25, 0.3) is 5.56 Å². The minimum atomic E-state index is -3.82. The fraction of sp³-hybridized carbons (Fsp3) is 0.273. The summed E-state index contributed by atoms with van der Waals surface area (Å²) in [6.45, 7) is 5.11. The molecular weight excluding hydrogens is 444 g/mol. The van der Waals surface area contributed by atoms with Crippen LogP contribution in [0.25, 0.3) is 0 Å². The Bertz CT molecular complexity index is 1310. The first-order valence-electron chi connectivity index (χ1n) is 10.2. The van der Waals surface area contributed by atoms with Gasteiger partial charge < -0.3 is 15.6 Å². The highest BCUT2D eigenvalue weighted by atomic mass is 32.2. The number of pyridine rings is 1. The second kappa shape index (κ2) is 9.82. The van der Waals surface area contributed by atoms with Gasteiger partial charge in [0.15, 0.2) is 0 Å². The van der Waals surface area contributed by atoms with Crippen molar-refractivity contribution in [3.8, 4) is 0 Å². The van der Waals surface area contributed by atoms with Crippen molar-refractivity contribution in [3.63, 3.8) is 0 Å². The third-order valence-corrected chi connectivity index (χ3v) is 6.30. The summed E-state index contributed by atoms with van der Waals surface area (Å²) in [6, 6.07) is 11.6. The van der Waals surface area contributed by atoms with Crippen LogP contribution >= 0.6 is 0 Å². The maximum Gasteiger partial charge on any atom is 0.275 e. The van der Waals surface area contributed by atoms with Gasteiger partial charge in [0, 0.05) is 29.2 Å². The van der Waals surface area contributed by atoms with E-state index in [9.17, 15) is 18.0 Å². The Morgan fingerprint density at radius 2 is 1.67 bits per heavy atom. The lowest BCUT2D eigenvalue weighted by Crippen LogP contribution is -2.35. The van der Waals surface area contributed by atoms with Crippen molar-refractivity contribution < 1.29 is 13.2 Å². The number of nitrogens with one attached hydrogen (secondary N) is 2. The first kappa shape index (κ1) is 23.9. The van der Waals surface area contributed by atoms with E-state index in [0.29, 0.717) is 22.6 Å². The first-order valence-corrected chi connectivity index (χ1v) is 11.8. The maximum atomic E-state index is 12.9. The van der Waals surface area contributed by atoms with Crippen LogP contribution in [0.5, 0.6) is 0 Å². The Hall–Kier alpha value is -3.73. The van der Waals surface area contributed by atoms with Crippen LogP contribution in [0.4, 0.5) is 11.6 Å². The van der Waals surface area contributed by atoms with E-state index in [2.05, 4.69) is 20.0 Å². The first-order chi connectivity index (χ1) is 15.6. The zero-order valence-electron chi connectivity index (χ0n) is 18.6. The van der Waals surface area contributed by atoms with Gasteiger partial charge in [-0.05, 0) is 38.5 Å². The van der Waals surface area contributed by atoms with Gasteiger partial charge in [-0.2, -0.15) is 0 Å². The van der Waals surface area contributed by atoms with Crippen LogP contribution in [-0.4, -0.2) is 28.9 Å². The standard InChI is InChI=1S/C22H26N6O4S/c1-14-9-10-19(27-33(31,32)13-17-7-5-4-6-8-17)21(30)28(14)12-20(29)24-11-18-15(2)25-22(23)26-16(18)3/h4-10,27H,11-13H2,1-3H3,(H,24,29)(H2,23,25,26). The molecule has 174 valence electrons. The summed E-state index contributed by atoms with van der Waals surface area (Å²) in [5.74, 6) is -0.529. The summed E-state index contributed by atoms with van der Waals surface area (Å²) in [5, 5.41) is 2.75. The number of benzene rings is 1. The molecule has 11 heteroatoms. The molecule has 0 aliphatic carbocycles. The average molecular weight is 471 g/mol. The van der Waals surface area contributed by atoms with Crippen LogP contribution in [0.3, 0.4) is 0 Å². The molecule has 0 atom stereocenters. The molecule has 0 spiro atoms. The van der Waals surface area contributed by atoms with Gasteiger partial charge in [-0.15, -0.1) is 0 Å². The zero-order valence-corrected chi connectivity index (χ0v) is 19.4. The van der Waals surface area contributed by atoms with E-state index in [-0.39, 0.29) is 30.5 Å². The molecule has 3 rings (SSSR count). The van der Waals surface area contributed by atoms with E-state index in [1.54, 1.807) is 57.2 Å². The van der Waals surface area contributed by atoms with Crippen molar-refractivity contribution in [3.05, 3.63) is 81.0 Å². The quantitative estimate of drug-likeness (QED) is 0.450. The van der Waals surface area contributed by atoms with E-state index >= 15 is 0 Å². The highest BCUT2D eigenvalue weighted by Crippen LogP contribution is 2.12. The number of carbonyl (C=O) groups excluding carboxylic acids is 1. The number of nitrogen functional groups attached to an aromatic ring is 1. The fourth-order valence-electron chi connectivity index (χ4n) is 3.35. The Morgan fingerprint density at radius 1 is 1.03 bits per heavy atom. The molecule has 33 heavy (non-hydrogen) atoms. The second-order valence-electron chi connectivity index (χ2n) is 7.63. The number of hydrogen-bond acceptors (Lipinski definition) is 7. The van der Waals surface area contributed by atoms with Gasteiger partial charge >= 0.3 is 0 Å². The smallest absolute Gasteiger partial charge is 0.275 e. The second-order valence-corrected chi connectivity index (χ2v) is 9.36. The van der Waals surface area contributed by atoms with Crippen LogP contribution in [0.2, 0.25) is 0 Å². The number of amides is 1. The van der Waals surface area contributed by atoms with Crippen molar-refractivity contribution in [1.82, 2.24) is 19.9 Å². The molecule has 0 aliphatic heterocycles. The molecule has 0 saturated carbocycles. The predicted octanol–water partition coefficient (Wildman–Crippen LogP) is 1.40. The molecule has 1 aromatic carbocycles. The normalized spacial score (nSPS) is 11.2. The number of aryl methyl sites for hydroxylation is 3. The molecule has 10 nitrogen and oxygen atoms in total. The minimum absolute atomic E-state index is 0.122. The molecule has 0 bridgehead atoms. The molecule has 4 N–H and O–H groups in total. The lowest BCUT2D eigenvalue weighted by Gasteiger charge is -2.14. The molecule has 0 radical (unpaired) electrons. The van der Waals surface area contributed by atoms with Gasteiger partial charge in [0.1, 0.15) is 12.2 Å². The average Bonchev–Trinajstić information content (AvgIpc) is 2.73. The summed E-state index contributed by atoms with van der Waals surface area (Å²) >= 11 is 0. The summed E-state index contributed by atoms with van der Waals surface area (Å²) < 4.78 is 28.6. The zero-order chi connectivity index (χ0) is 24.2. The number of carbonyl (C=O) groups is 1. The molecule has 1 amide bonds. The number of sulfonamides is 1. The fourth-order valence-corrected chi connectivity index (χ4v) is 4.54. The maximum absolute atomic E-state index is 12.9. The van der Waals surface area contributed by atoms with Gasteiger partial charge in [0.2, 0.25) is 21.9 Å². The number of nitrogens with two attached hydrogens (primary N) is 1. The number of rotatable bonds is 8. The van der Waals surface area contributed by atoms with Crippen molar-refractivity contribution in [1.29, 1.82) is 0 Å². The summed E-state index contributed by atoms with van der Waals surface area (Å²) in [6.07, 6.45) is 0. The number of anilines is 2. The third-order valence-electron chi connectivity index (χ3n) is 5.06. The summed E-state index contributed by atoms with van der Waals surface area (Å²) in [5.41, 5.74) is 8.06. The van der Waals surface area contributed by atoms with Gasteiger partial charge in [0.05, 0.1) is 5.75 Å². The lowest BCUT2D eigenvalue weighted by atomic mass is 10.1. The topological polar surface area (TPSA) is 149 Å². The van der Waals surface area contributed by atoms with Gasteiger partial charge in [-0.3, -0.25) is 14.3 Å². The number of aromatic nitrogens is 3. The molecule has 0 saturated heterocycles. The Balaban J connectivity index is 1.73. The Kier molecular flexibility index (Phi) is 7.12. The number of hydrogen-bond donors (Lipinski definition) is 3. The minimum Gasteiger partial charge on any atom is -0.368 e. The van der Waals surface area contributed by atoms with Gasteiger partial charge in [-0.25, -0.2) is 18.4 Å². The number of nitrogens with zero attached hydrogens (tertiary/aromatic N) is 3.